The van der Waals surface area contributed by atoms with Crippen LogP contribution in [0.15, 0.2) is 30.6 Å². The minimum atomic E-state index is -4.38. The van der Waals surface area contributed by atoms with E-state index in [9.17, 15) is 17.6 Å². The van der Waals surface area contributed by atoms with Gasteiger partial charge in [0.2, 0.25) is 0 Å². The number of rotatable bonds is 5. The number of benzene rings is 1. The van der Waals surface area contributed by atoms with Crippen LogP contribution < -0.4 is 4.31 Å². The molecule has 11 heteroatoms. The smallest absolute Gasteiger partial charge is 0.313 e. The van der Waals surface area contributed by atoms with E-state index in [1.807, 2.05) is 0 Å². The molecule has 3 rings (SSSR count). The maximum atomic E-state index is 13.4. The van der Waals surface area contributed by atoms with Crippen molar-refractivity contribution < 1.29 is 22.3 Å². The molecule has 0 saturated heterocycles. The number of aromatic nitrogens is 2. The van der Waals surface area contributed by atoms with E-state index in [0.717, 1.165) is 4.31 Å². The Labute approximate surface area is 177 Å². The SMILES string of the molecule is CC(C)C(=O)OC1=C(c2ccc(Cl)cc2Cl)S(=O)(=O)N(CCF)c2nccnc21. The molecule has 0 fully saturated rings. The molecular formula is C18H16Cl2FN3O4S. The lowest BCUT2D eigenvalue weighted by atomic mass is 10.1. The number of halogens is 3. The molecule has 0 N–H and O–H groups in total. The number of alkyl halides is 1. The van der Waals surface area contributed by atoms with Gasteiger partial charge in [-0.3, -0.25) is 4.79 Å². The van der Waals surface area contributed by atoms with Crippen molar-refractivity contribution in [1.29, 1.82) is 0 Å². The molecule has 29 heavy (non-hydrogen) atoms. The predicted octanol–water partition coefficient (Wildman–Crippen LogP) is 3.93. The molecule has 0 saturated carbocycles. The average molecular weight is 460 g/mol. The Kier molecular flexibility index (Phi) is 6.11. The van der Waals surface area contributed by atoms with Crippen LogP contribution in [0.3, 0.4) is 0 Å². The minimum Gasteiger partial charge on any atom is -0.422 e. The summed E-state index contributed by atoms with van der Waals surface area (Å²) < 4.78 is 46.2. The molecule has 0 atom stereocenters. The lowest BCUT2D eigenvalue weighted by Gasteiger charge is -2.31. The molecule has 1 aromatic carbocycles. The van der Waals surface area contributed by atoms with Crippen molar-refractivity contribution in [2.75, 3.05) is 17.5 Å². The van der Waals surface area contributed by atoms with E-state index in [0.29, 0.717) is 0 Å². The molecule has 0 bridgehead atoms. The summed E-state index contributed by atoms with van der Waals surface area (Å²) in [6, 6.07) is 4.18. The van der Waals surface area contributed by atoms with Crippen molar-refractivity contribution in [3.05, 3.63) is 51.9 Å². The first-order valence-corrected chi connectivity index (χ1v) is 10.7. The van der Waals surface area contributed by atoms with Crippen LogP contribution in [0, 0.1) is 5.92 Å². The molecule has 0 unspecified atom stereocenters. The number of carbonyl (C=O) groups excluding carboxylic acids is 1. The highest BCUT2D eigenvalue weighted by Gasteiger charge is 2.42. The van der Waals surface area contributed by atoms with Gasteiger partial charge in [-0.2, -0.15) is 0 Å². The lowest BCUT2D eigenvalue weighted by molar-refractivity contribution is -0.140. The fourth-order valence-electron chi connectivity index (χ4n) is 2.67. The van der Waals surface area contributed by atoms with E-state index in [1.165, 1.54) is 30.6 Å². The normalized spacial score (nSPS) is 15.4. The standard InChI is InChI=1S/C18H16Cl2FN3O4S/c1-10(2)18(25)28-15-14-17(23-7-6-22-14)24(8-5-21)29(26,27)16(15)12-4-3-11(19)9-13(12)20/h3-4,6-7,9-10H,5,8H2,1-2H3. The topological polar surface area (TPSA) is 89.5 Å². The van der Waals surface area contributed by atoms with Gasteiger partial charge in [-0.25, -0.2) is 27.1 Å². The molecule has 1 aliphatic rings. The zero-order valence-corrected chi connectivity index (χ0v) is 17.7. The van der Waals surface area contributed by atoms with Gasteiger partial charge in [-0.05, 0) is 12.1 Å². The van der Waals surface area contributed by atoms with Crippen LogP contribution in [0.1, 0.15) is 25.1 Å². The molecule has 1 aliphatic heterocycles. The number of sulfonamides is 1. The Bertz CT molecular complexity index is 1110. The van der Waals surface area contributed by atoms with E-state index < -0.39 is 40.0 Å². The second-order valence-electron chi connectivity index (χ2n) is 6.35. The minimum absolute atomic E-state index is 0.00853. The molecule has 2 heterocycles. The van der Waals surface area contributed by atoms with Crippen molar-refractivity contribution in [3.63, 3.8) is 0 Å². The lowest BCUT2D eigenvalue weighted by Crippen LogP contribution is -2.38. The highest BCUT2D eigenvalue weighted by Crippen LogP contribution is 2.44. The van der Waals surface area contributed by atoms with Gasteiger partial charge in [-0.15, -0.1) is 0 Å². The number of carbonyl (C=O) groups is 1. The van der Waals surface area contributed by atoms with Gasteiger partial charge in [0.25, 0.3) is 10.0 Å². The molecule has 7 nitrogen and oxygen atoms in total. The van der Waals surface area contributed by atoms with Gasteiger partial charge < -0.3 is 4.74 Å². The van der Waals surface area contributed by atoms with Crippen LogP contribution in [-0.2, 0) is 19.6 Å². The van der Waals surface area contributed by atoms with Crippen molar-refractivity contribution >= 4 is 55.7 Å². The first-order valence-electron chi connectivity index (χ1n) is 8.50. The fraction of sp³-hybridized carbons (Fsp3) is 0.278. The average Bonchev–Trinajstić information content (AvgIpc) is 2.66. The number of esters is 1. The molecule has 0 radical (unpaired) electrons. The largest absolute Gasteiger partial charge is 0.422 e. The number of nitrogens with zero attached hydrogens (tertiary/aromatic N) is 3. The fourth-order valence-corrected chi connectivity index (χ4v) is 4.95. The molecule has 0 spiro atoms. The predicted molar refractivity (Wildman–Crippen MR) is 108 cm³/mol. The van der Waals surface area contributed by atoms with Crippen LogP contribution in [-0.4, -0.2) is 37.6 Å². The Morgan fingerprint density at radius 3 is 2.55 bits per heavy atom. The summed E-state index contributed by atoms with van der Waals surface area (Å²) in [6.07, 6.45) is 2.58. The number of hydrogen-bond donors (Lipinski definition) is 0. The Balaban J connectivity index is 2.39. The third kappa shape index (κ3) is 3.94. The van der Waals surface area contributed by atoms with Crippen LogP contribution in [0.25, 0.3) is 10.7 Å². The van der Waals surface area contributed by atoms with Crippen LogP contribution in [0.4, 0.5) is 10.2 Å². The summed E-state index contributed by atoms with van der Waals surface area (Å²) in [5.74, 6) is -1.67. The number of hydrogen-bond acceptors (Lipinski definition) is 6. The van der Waals surface area contributed by atoms with Gasteiger partial charge in [0.05, 0.1) is 17.5 Å². The summed E-state index contributed by atoms with van der Waals surface area (Å²) in [4.78, 5) is 20.1. The van der Waals surface area contributed by atoms with Crippen molar-refractivity contribution in [3.8, 4) is 0 Å². The quantitative estimate of drug-likeness (QED) is 0.629. The first-order chi connectivity index (χ1) is 13.7. The van der Waals surface area contributed by atoms with Crippen LogP contribution in [0.2, 0.25) is 10.0 Å². The van der Waals surface area contributed by atoms with E-state index in [-0.39, 0.29) is 32.9 Å². The first kappa shape index (κ1) is 21.5. The molecule has 1 aromatic heterocycles. The molecule has 2 aromatic rings. The van der Waals surface area contributed by atoms with Gasteiger partial charge in [0, 0.05) is 23.0 Å². The Morgan fingerprint density at radius 1 is 1.24 bits per heavy atom. The summed E-state index contributed by atoms with van der Waals surface area (Å²) in [7, 11) is -4.38. The summed E-state index contributed by atoms with van der Waals surface area (Å²) in [5, 5.41) is 0.302. The monoisotopic (exact) mass is 459 g/mol. The van der Waals surface area contributed by atoms with Crippen molar-refractivity contribution in [2.24, 2.45) is 5.92 Å². The number of fused-ring (bicyclic) bond motifs is 1. The molecule has 154 valence electrons. The maximum Gasteiger partial charge on any atom is 0.313 e. The van der Waals surface area contributed by atoms with Gasteiger partial charge in [0.1, 0.15) is 11.6 Å². The van der Waals surface area contributed by atoms with Crippen LogP contribution >= 0.6 is 23.2 Å². The van der Waals surface area contributed by atoms with Gasteiger partial charge in [0.15, 0.2) is 17.3 Å². The second-order valence-corrected chi connectivity index (χ2v) is 9.00. The maximum absolute atomic E-state index is 13.4. The highest BCUT2D eigenvalue weighted by atomic mass is 35.5. The van der Waals surface area contributed by atoms with Crippen molar-refractivity contribution in [1.82, 2.24) is 9.97 Å². The van der Waals surface area contributed by atoms with Gasteiger partial charge >= 0.3 is 5.97 Å². The highest BCUT2D eigenvalue weighted by molar-refractivity contribution is 8.02. The Morgan fingerprint density at radius 2 is 1.93 bits per heavy atom. The number of anilines is 1. The third-order valence-electron chi connectivity index (χ3n) is 4.02. The molecule has 0 aliphatic carbocycles. The van der Waals surface area contributed by atoms with Crippen molar-refractivity contribution in [2.45, 2.75) is 13.8 Å². The number of ether oxygens (including phenoxy) is 1. The summed E-state index contributed by atoms with van der Waals surface area (Å²) in [5.41, 5.74) is 0.0357. The summed E-state index contributed by atoms with van der Waals surface area (Å²) >= 11 is 12.2. The zero-order chi connectivity index (χ0) is 21.3. The van der Waals surface area contributed by atoms with E-state index >= 15 is 0 Å². The third-order valence-corrected chi connectivity index (χ3v) is 6.43. The van der Waals surface area contributed by atoms with Crippen LogP contribution in [0.5, 0.6) is 0 Å². The van der Waals surface area contributed by atoms with E-state index in [2.05, 4.69) is 9.97 Å². The second kappa shape index (κ2) is 8.25. The molecule has 0 amide bonds. The van der Waals surface area contributed by atoms with E-state index in [4.69, 9.17) is 27.9 Å². The Hall–Kier alpha value is -2.23. The molecular weight excluding hydrogens is 444 g/mol. The van der Waals surface area contributed by atoms with E-state index in [1.54, 1.807) is 13.8 Å². The zero-order valence-electron chi connectivity index (χ0n) is 15.4. The summed E-state index contributed by atoms with van der Waals surface area (Å²) in [6.45, 7) is 1.75. The van der Waals surface area contributed by atoms with Gasteiger partial charge in [-0.1, -0.05) is 43.1 Å².